The van der Waals surface area contributed by atoms with Crippen LogP contribution in [-0.4, -0.2) is 6.61 Å². The summed E-state index contributed by atoms with van der Waals surface area (Å²) in [7, 11) is 0. The summed E-state index contributed by atoms with van der Waals surface area (Å²) < 4.78 is 89.8. The van der Waals surface area contributed by atoms with Gasteiger partial charge in [0.05, 0.1) is 5.56 Å². The normalized spacial score (nSPS) is 24.4. The third-order valence-electron chi connectivity index (χ3n) is 8.58. The smallest absolute Gasteiger partial charge is 0.426 e. The molecule has 0 heterocycles. The van der Waals surface area contributed by atoms with Gasteiger partial charge >= 0.3 is 12.7 Å². The number of rotatable bonds is 10. The molecule has 0 aliphatic heterocycles. The topological polar surface area (TPSA) is 18.5 Å². The first-order valence-corrected chi connectivity index (χ1v) is 13.7. The molecule has 0 aromatic heterocycles. The van der Waals surface area contributed by atoms with Crippen molar-refractivity contribution >= 4 is 0 Å². The standard InChI is InChI=1S/C30H36F6O2/c1-2-19-5-11-22(12-6-19)23-13-7-20(8-14-23)3-4-21-9-15-25(16-10-21)38-30(35,36)24-17-26(31)28(27(32)18-24)37-29(33)34/h9-10,15-20,22-23,29H,2-8,11-14H2,1H3. The molecule has 0 amide bonds. The summed E-state index contributed by atoms with van der Waals surface area (Å²) in [6.45, 7) is -1.19. The van der Waals surface area contributed by atoms with Gasteiger partial charge in [-0.25, -0.2) is 8.78 Å². The minimum absolute atomic E-state index is 0.175. The number of hydrogen-bond acceptors (Lipinski definition) is 2. The molecule has 2 fully saturated rings. The van der Waals surface area contributed by atoms with Crippen LogP contribution in [0.2, 0.25) is 0 Å². The average Bonchev–Trinajstić information content (AvgIpc) is 2.90. The molecular formula is C30H36F6O2. The predicted molar refractivity (Wildman–Crippen MR) is 133 cm³/mol. The van der Waals surface area contributed by atoms with Gasteiger partial charge in [-0.1, -0.05) is 51.2 Å². The van der Waals surface area contributed by atoms with Crippen molar-refractivity contribution in [3.8, 4) is 11.5 Å². The Kier molecular flexibility index (Phi) is 9.53. The first-order chi connectivity index (χ1) is 18.1. The summed E-state index contributed by atoms with van der Waals surface area (Å²) in [5.74, 6) is -1.55. The number of benzene rings is 2. The molecule has 2 nitrogen and oxygen atoms in total. The predicted octanol–water partition coefficient (Wildman–Crippen LogP) is 9.65. The van der Waals surface area contributed by atoms with Gasteiger partial charge in [0.15, 0.2) is 17.4 Å². The highest BCUT2D eigenvalue weighted by Gasteiger charge is 2.37. The third kappa shape index (κ3) is 7.38. The lowest BCUT2D eigenvalue weighted by atomic mass is 9.68. The molecule has 0 bridgehead atoms. The lowest BCUT2D eigenvalue weighted by molar-refractivity contribution is -0.185. The summed E-state index contributed by atoms with van der Waals surface area (Å²) >= 11 is 0. The molecule has 0 saturated heterocycles. The van der Waals surface area contributed by atoms with Crippen molar-refractivity contribution in [2.24, 2.45) is 23.7 Å². The first kappa shape index (κ1) is 28.6. The van der Waals surface area contributed by atoms with E-state index in [2.05, 4.69) is 11.7 Å². The molecule has 2 aromatic rings. The zero-order valence-corrected chi connectivity index (χ0v) is 21.7. The van der Waals surface area contributed by atoms with Crippen molar-refractivity contribution in [2.75, 3.05) is 0 Å². The molecule has 210 valence electrons. The van der Waals surface area contributed by atoms with Crippen LogP contribution >= 0.6 is 0 Å². The van der Waals surface area contributed by atoms with Gasteiger partial charge in [0.1, 0.15) is 5.75 Å². The van der Waals surface area contributed by atoms with Gasteiger partial charge < -0.3 is 9.47 Å². The van der Waals surface area contributed by atoms with Gasteiger partial charge in [0.2, 0.25) is 0 Å². The van der Waals surface area contributed by atoms with Gasteiger partial charge in [0.25, 0.3) is 0 Å². The Balaban J connectivity index is 1.25. The van der Waals surface area contributed by atoms with Crippen molar-refractivity contribution in [3.63, 3.8) is 0 Å². The molecule has 4 rings (SSSR count). The van der Waals surface area contributed by atoms with Crippen LogP contribution in [0.4, 0.5) is 26.3 Å². The van der Waals surface area contributed by atoms with E-state index in [1.165, 1.54) is 69.9 Å². The average molecular weight is 543 g/mol. The summed E-state index contributed by atoms with van der Waals surface area (Å²) in [6.07, 6.45) is 9.81. The number of aryl methyl sites for hydroxylation is 1. The fourth-order valence-corrected chi connectivity index (χ4v) is 6.25. The van der Waals surface area contributed by atoms with Crippen LogP contribution in [0, 0.1) is 35.3 Å². The first-order valence-electron chi connectivity index (χ1n) is 13.7. The van der Waals surface area contributed by atoms with E-state index in [9.17, 15) is 26.3 Å². The Morgan fingerprint density at radius 1 is 0.816 bits per heavy atom. The van der Waals surface area contributed by atoms with Crippen LogP contribution in [-0.2, 0) is 12.5 Å². The molecule has 0 spiro atoms. The number of hydrogen-bond donors (Lipinski definition) is 0. The van der Waals surface area contributed by atoms with Crippen molar-refractivity contribution in [3.05, 3.63) is 59.2 Å². The Bertz CT molecular complexity index is 1000. The number of halogens is 6. The van der Waals surface area contributed by atoms with Gasteiger partial charge in [-0.3, -0.25) is 0 Å². The molecule has 2 aliphatic rings. The maximum atomic E-state index is 14.5. The molecule has 0 N–H and O–H groups in total. The van der Waals surface area contributed by atoms with E-state index in [1.807, 2.05) is 0 Å². The maximum absolute atomic E-state index is 14.5. The van der Waals surface area contributed by atoms with Gasteiger partial charge in [-0.15, -0.1) is 0 Å². The minimum Gasteiger partial charge on any atom is -0.429 e. The van der Waals surface area contributed by atoms with Gasteiger partial charge in [-0.2, -0.15) is 17.6 Å². The van der Waals surface area contributed by atoms with Crippen LogP contribution in [0.3, 0.4) is 0 Å². The van der Waals surface area contributed by atoms with Crippen molar-refractivity contribution in [2.45, 2.75) is 90.3 Å². The molecular weight excluding hydrogens is 506 g/mol. The monoisotopic (exact) mass is 542 g/mol. The molecule has 8 heteroatoms. The Morgan fingerprint density at radius 3 is 1.84 bits per heavy atom. The maximum Gasteiger partial charge on any atom is 0.426 e. The molecule has 0 radical (unpaired) electrons. The lowest BCUT2D eigenvalue weighted by Crippen LogP contribution is -2.25. The summed E-state index contributed by atoms with van der Waals surface area (Å²) in [4.78, 5) is 0. The highest BCUT2D eigenvalue weighted by molar-refractivity contribution is 5.34. The second-order valence-corrected chi connectivity index (χ2v) is 10.9. The molecule has 38 heavy (non-hydrogen) atoms. The number of alkyl halides is 4. The fraction of sp³-hybridized carbons (Fsp3) is 0.600. The van der Waals surface area contributed by atoms with Crippen molar-refractivity contribution in [1.82, 2.24) is 0 Å². The van der Waals surface area contributed by atoms with Crippen LogP contribution in [0.1, 0.15) is 82.3 Å². The second-order valence-electron chi connectivity index (χ2n) is 10.9. The van der Waals surface area contributed by atoms with Gasteiger partial charge in [0, 0.05) is 0 Å². The van der Waals surface area contributed by atoms with E-state index in [1.54, 1.807) is 12.1 Å². The lowest BCUT2D eigenvalue weighted by Gasteiger charge is -2.37. The SMILES string of the molecule is CCC1CCC(C2CCC(CCc3ccc(OC(F)(F)c4cc(F)c(OC(F)F)c(F)c4)cc3)CC2)CC1. The molecule has 2 aliphatic carbocycles. The molecule has 0 atom stereocenters. The third-order valence-corrected chi connectivity index (χ3v) is 8.58. The quantitative estimate of drug-likeness (QED) is 0.278. The van der Waals surface area contributed by atoms with Crippen LogP contribution in [0.15, 0.2) is 36.4 Å². The Morgan fingerprint density at radius 2 is 1.34 bits per heavy atom. The molecule has 2 saturated carbocycles. The van der Waals surface area contributed by atoms with E-state index in [4.69, 9.17) is 4.74 Å². The Labute approximate surface area is 220 Å². The van der Waals surface area contributed by atoms with E-state index in [0.717, 1.165) is 36.2 Å². The zero-order valence-electron chi connectivity index (χ0n) is 21.7. The Hall–Kier alpha value is -2.38. The van der Waals surface area contributed by atoms with Gasteiger partial charge in [-0.05, 0) is 92.0 Å². The highest BCUT2D eigenvalue weighted by Crippen LogP contribution is 2.43. The van der Waals surface area contributed by atoms with Crippen LogP contribution in [0.5, 0.6) is 11.5 Å². The minimum atomic E-state index is -4.08. The van der Waals surface area contributed by atoms with E-state index in [-0.39, 0.29) is 17.9 Å². The van der Waals surface area contributed by atoms with Crippen LogP contribution in [0.25, 0.3) is 0 Å². The summed E-state index contributed by atoms with van der Waals surface area (Å²) in [5.41, 5.74) is -0.140. The molecule has 0 unspecified atom stereocenters. The fourth-order valence-electron chi connectivity index (χ4n) is 6.25. The summed E-state index contributed by atoms with van der Waals surface area (Å²) in [6, 6.07) is 6.66. The van der Waals surface area contributed by atoms with E-state index < -0.39 is 35.7 Å². The summed E-state index contributed by atoms with van der Waals surface area (Å²) in [5, 5.41) is 0. The largest absolute Gasteiger partial charge is 0.429 e. The zero-order chi connectivity index (χ0) is 27.3. The highest BCUT2D eigenvalue weighted by atomic mass is 19.3. The number of ether oxygens (including phenoxy) is 2. The van der Waals surface area contributed by atoms with Crippen molar-refractivity contribution in [1.29, 1.82) is 0 Å². The van der Waals surface area contributed by atoms with Crippen LogP contribution < -0.4 is 9.47 Å². The molecule has 2 aromatic carbocycles. The van der Waals surface area contributed by atoms with E-state index >= 15 is 0 Å². The second kappa shape index (κ2) is 12.6. The van der Waals surface area contributed by atoms with Crippen molar-refractivity contribution < 1.29 is 35.8 Å². The van der Waals surface area contributed by atoms with E-state index in [0.29, 0.717) is 5.92 Å².